The molecule has 1 aromatic carbocycles. The predicted octanol–water partition coefficient (Wildman–Crippen LogP) is 3.48. The highest BCUT2D eigenvalue weighted by Crippen LogP contribution is 2.11. The van der Waals surface area contributed by atoms with E-state index in [1.165, 1.54) is 0 Å². The molecule has 0 spiro atoms. The Morgan fingerprint density at radius 1 is 1.07 bits per heavy atom. The fraction of sp³-hybridized carbons (Fsp3) is 0.571. The van der Waals surface area contributed by atoms with Crippen molar-refractivity contribution in [1.29, 1.82) is 0 Å². The zero-order chi connectivity index (χ0) is 22.7. The van der Waals surface area contributed by atoms with Crippen molar-refractivity contribution in [3.63, 3.8) is 0 Å². The number of ether oxygens (including phenoxy) is 1. The Morgan fingerprint density at radius 2 is 1.70 bits per heavy atom. The molecule has 0 saturated carbocycles. The minimum absolute atomic E-state index is 0.0489. The first-order chi connectivity index (χ1) is 14.0. The summed E-state index contributed by atoms with van der Waals surface area (Å²) in [6.07, 6.45) is 1.83. The zero-order valence-corrected chi connectivity index (χ0v) is 19.4. The van der Waals surface area contributed by atoms with Crippen molar-refractivity contribution in [2.24, 2.45) is 0 Å². The first-order valence-electron chi connectivity index (χ1n) is 9.92. The Labute approximate surface area is 183 Å². The Bertz CT molecular complexity index is 702. The number of carbonyl (C=O) groups is 3. The standard InChI is InChI=1S/C21H34N4O4S/c1-14(2)23-19(27)24-16-9-7-15(8-10-16)13-22-18(26)17(11-12-30-6)25-20(28)29-21(3,4)5/h7-10,14,17H,11-13H2,1-6H3,(H,22,26)(H,25,28)(H2,23,24,27). The molecule has 0 aliphatic rings. The Balaban J connectivity index is 2.60. The van der Waals surface area contributed by atoms with Crippen LogP contribution in [0.4, 0.5) is 15.3 Å². The minimum Gasteiger partial charge on any atom is -0.444 e. The van der Waals surface area contributed by atoms with Crippen LogP contribution in [0.2, 0.25) is 0 Å². The van der Waals surface area contributed by atoms with Gasteiger partial charge in [0.25, 0.3) is 0 Å². The lowest BCUT2D eigenvalue weighted by molar-refractivity contribution is -0.123. The van der Waals surface area contributed by atoms with E-state index in [4.69, 9.17) is 4.74 Å². The smallest absolute Gasteiger partial charge is 0.408 e. The molecule has 1 atom stereocenters. The molecule has 0 heterocycles. The number of nitrogens with one attached hydrogen (secondary N) is 4. The van der Waals surface area contributed by atoms with Crippen LogP contribution in [0.3, 0.4) is 0 Å². The summed E-state index contributed by atoms with van der Waals surface area (Å²) in [6.45, 7) is 9.39. The molecule has 4 N–H and O–H groups in total. The van der Waals surface area contributed by atoms with Crippen LogP contribution in [0.25, 0.3) is 0 Å². The third-order valence-electron chi connectivity index (χ3n) is 3.72. The van der Waals surface area contributed by atoms with E-state index in [1.807, 2.05) is 32.2 Å². The van der Waals surface area contributed by atoms with Gasteiger partial charge in [0.05, 0.1) is 0 Å². The van der Waals surface area contributed by atoms with Crippen molar-refractivity contribution in [3.8, 4) is 0 Å². The quantitative estimate of drug-likeness (QED) is 0.472. The van der Waals surface area contributed by atoms with Crippen molar-refractivity contribution < 1.29 is 19.1 Å². The van der Waals surface area contributed by atoms with Crippen molar-refractivity contribution in [1.82, 2.24) is 16.0 Å². The lowest BCUT2D eigenvalue weighted by atomic mass is 10.1. The molecule has 1 rings (SSSR count). The summed E-state index contributed by atoms with van der Waals surface area (Å²) in [5, 5.41) is 11.0. The number of rotatable bonds is 9. The van der Waals surface area contributed by atoms with Gasteiger partial charge < -0.3 is 26.0 Å². The second-order valence-corrected chi connectivity index (χ2v) is 9.13. The van der Waals surface area contributed by atoms with Crippen molar-refractivity contribution >= 4 is 35.5 Å². The van der Waals surface area contributed by atoms with E-state index in [1.54, 1.807) is 44.7 Å². The highest BCUT2D eigenvalue weighted by molar-refractivity contribution is 7.98. The Morgan fingerprint density at radius 3 is 2.23 bits per heavy atom. The fourth-order valence-electron chi connectivity index (χ4n) is 2.40. The Kier molecular flexibility index (Phi) is 10.5. The highest BCUT2D eigenvalue weighted by atomic mass is 32.2. The molecule has 0 aromatic heterocycles. The molecule has 168 valence electrons. The van der Waals surface area contributed by atoms with Gasteiger partial charge in [0.15, 0.2) is 0 Å². The van der Waals surface area contributed by atoms with Crippen LogP contribution in [0.15, 0.2) is 24.3 Å². The SMILES string of the molecule is CSCCC(NC(=O)OC(C)(C)C)C(=O)NCc1ccc(NC(=O)NC(C)C)cc1. The summed E-state index contributed by atoms with van der Waals surface area (Å²) in [7, 11) is 0. The summed E-state index contributed by atoms with van der Waals surface area (Å²) in [5.41, 5.74) is 0.902. The van der Waals surface area contributed by atoms with Gasteiger partial charge in [-0.25, -0.2) is 9.59 Å². The third kappa shape index (κ3) is 10.9. The van der Waals surface area contributed by atoms with Crippen molar-refractivity contribution in [2.45, 2.75) is 65.3 Å². The largest absolute Gasteiger partial charge is 0.444 e. The second kappa shape index (κ2) is 12.3. The van der Waals surface area contributed by atoms with Crippen molar-refractivity contribution in [3.05, 3.63) is 29.8 Å². The molecule has 8 nitrogen and oxygen atoms in total. The molecule has 0 fully saturated rings. The number of hydrogen-bond acceptors (Lipinski definition) is 5. The lowest BCUT2D eigenvalue weighted by Gasteiger charge is -2.23. The molecule has 0 aliphatic heterocycles. The van der Waals surface area contributed by atoms with Gasteiger partial charge in [0, 0.05) is 18.3 Å². The number of thioether (sulfide) groups is 1. The number of benzene rings is 1. The summed E-state index contributed by atoms with van der Waals surface area (Å²) in [4.78, 5) is 36.4. The van der Waals surface area contributed by atoms with Gasteiger partial charge in [0.2, 0.25) is 5.91 Å². The topological polar surface area (TPSA) is 109 Å². The molecule has 0 aliphatic carbocycles. The Hall–Kier alpha value is -2.42. The molecule has 0 saturated heterocycles. The summed E-state index contributed by atoms with van der Waals surface area (Å²) >= 11 is 1.60. The van der Waals surface area contributed by atoms with Gasteiger partial charge in [-0.2, -0.15) is 11.8 Å². The van der Waals surface area contributed by atoms with Gasteiger partial charge in [-0.15, -0.1) is 0 Å². The average Bonchev–Trinajstić information content (AvgIpc) is 2.62. The molecular weight excluding hydrogens is 404 g/mol. The number of hydrogen-bond donors (Lipinski definition) is 4. The van der Waals surface area contributed by atoms with Gasteiger partial charge >= 0.3 is 12.1 Å². The van der Waals surface area contributed by atoms with Gasteiger partial charge in [0.1, 0.15) is 11.6 Å². The van der Waals surface area contributed by atoms with Crippen LogP contribution in [-0.2, 0) is 16.1 Å². The zero-order valence-electron chi connectivity index (χ0n) is 18.6. The van der Waals surface area contributed by atoms with Crippen molar-refractivity contribution in [2.75, 3.05) is 17.3 Å². The molecular formula is C21H34N4O4S. The van der Waals surface area contributed by atoms with E-state index in [-0.39, 0.29) is 18.0 Å². The normalized spacial score (nSPS) is 12.1. The first kappa shape index (κ1) is 25.6. The number of carbonyl (C=O) groups excluding carboxylic acids is 3. The van der Waals surface area contributed by atoms with Gasteiger partial charge in [-0.05, 0) is 70.7 Å². The summed E-state index contributed by atoms with van der Waals surface area (Å²) in [6, 6.07) is 6.29. The monoisotopic (exact) mass is 438 g/mol. The predicted molar refractivity (Wildman–Crippen MR) is 122 cm³/mol. The van der Waals surface area contributed by atoms with E-state index >= 15 is 0 Å². The van der Waals surface area contributed by atoms with E-state index in [0.29, 0.717) is 18.7 Å². The summed E-state index contributed by atoms with van der Waals surface area (Å²) < 4.78 is 5.25. The number of anilines is 1. The first-order valence-corrected chi connectivity index (χ1v) is 11.3. The third-order valence-corrected chi connectivity index (χ3v) is 4.36. The average molecular weight is 439 g/mol. The van der Waals surface area contributed by atoms with Crippen LogP contribution in [0, 0.1) is 0 Å². The van der Waals surface area contributed by atoms with E-state index in [2.05, 4.69) is 21.3 Å². The molecule has 0 radical (unpaired) electrons. The van der Waals surface area contributed by atoms with E-state index in [9.17, 15) is 14.4 Å². The van der Waals surface area contributed by atoms with E-state index < -0.39 is 17.7 Å². The minimum atomic E-state index is -0.673. The van der Waals surface area contributed by atoms with Gasteiger partial charge in [-0.1, -0.05) is 12.1 Å². The van der Waals surface area contributed by atoms with E-state index in [0.717, 1.165) is 11.3 Å². The lowest BCUT2D eigenvalue weighted by Crippen LogP contribution is -2.48. The maximum absolute atomic E-state index is 12.6. The molecule has 30 heavy (non-hydrogen) atoms. The summed E-state index contributed by atoms with van der Waals surface area (Å²) in [5.74, 6) is 0.459. The van der Waals surface area contributed by atoms with Crippen LogP contribution in [0.5, 0.6) is 0 Å². The van der Waals surface area contributed by atoms with Crippen LogP contribution in [0.1, 0.15) is 46.6 Å². The maximum atomic E-state index is 12.6. The number of urea groups is 1. The van der Waals surface area contributed by atoms with Crippen LogP contribution in [-0.4, -0.2) is 47.7 Å². The second-order valence-electron chi connectivity index (χ2n) is 8.15. The van der Waals surface area contributed by atoms with Crippen LogP contribution < -0.4 is 21.3 Å². The molecule has 4 amide bonds. The molecule has 1 unspecified atom stereocenters. The number of alkyl carbamates (subject to hydrolysis) is 1. The molecule has 1 aromatic rings. The fourth-order valence-corrected chi connectivity index (χ4v) is 2.87. The molecule has 9 heteroatoms. The maximum Gasteiger partial charge on any atom is 0.408 e. The van der Waals surface area contributed by atoms with Gasteiger partial charge in [-0.3, -0.25) is 4.79 Å². The highest BCUT2D eigenvalue weighted by Gasteiger charge is 2.23. The van der Waals surface area contributed by atoms with Crippen LogP contribution >= 0.6 is 11.8 Å². The molecule has 0 bridgehead atoms. The number of amides is 4.